The molecule has 2 rings (SSSR count). The topological polar surface area (TPSA) is 131 Å². The van der Waals surface area contributed by atoms with Crippen LogP contribution in [-0.4, -0.2) is 52.8 Å². The van der Waals surface area contributed by atoms with Crippen LogP contribution in [0, 0.1) is 5.92 Å². The Balaban J connectivity index is 1.82. The van der Waals surface area contributed by atoms with Gasteiger partial charge in [-0.2, -0.15) is 0 Å². The number of carbonyl (C=O) groups is 4. The van der Waals surface area contributed by atoms with Crippen LogP contribution < -0.4 is 10.6 Å². The second-order valence-corrected chi connectivity index (χ2v) is 13.4. The first-order valence-electron chi connectivity index (χ1n) is 12.6. The summed E-state index contributed by atoms with van der Waals surface area (Å²) in [6.07, 6.45) is 6.59. The maximum atomic E-state index is 12.0. The zero-order valence-corrected chi connectivity index (χ0v) is 24.8. The van der Waals surface area contributed by atoms with Crippen molar-refractivity contribution in [3.05, 3.63) is 53.0 Å². The summed E-state index contributed by atoms with van der Waals surface area (Å²) in [5, 5.41) is 14.5. The minimum absolute atomic E-state index is 0.0188. The van der Waals surface area contributed by atoms with Crippen molar-refractivity contribution >= 4 is 46.0 Å². The molecule has 0 aliphatic heterocycles. The highest BCUT2D eigenvalue weighted by molar-refractivity contribution is 8.78. The first kappa shape index (κ1) is 32.3. The van der Waals surface area contributed by atoms with Gasteiger partial charge in [-0.3, -0.25) is 0 Å². The third-order valence-corrected chi connectivity index (χ3v) is 7.61. The maximum Gasteiger partial charge on any atom is 0.408 e. The Morgan fingerprint density at radius 1 is 1.00 bits per heavy atom. The predicted molar refractivity (Wildman–Crippen MR) is 154 cm³/mol. The van der Waals surface area contributed by atoms with Crippen LogP contribution >= 0.6 is 21.6 Å². The lowest BCUT2D eigenvalue weighted by Gasteiger charge is -2.24. The smallest absolute Gasteiger partial charge is 0.408 e. The van der Waals surface area contributed by atoms with Crippen LogP contribution in [0.3, 0.4) is 0 Å². The molecule has 214 valence electrons. The summed E-state index contributed by atoms with van der Waals surface area (Å²) in [5.74, 6) is -1.12. The van der Waals surface area contributed by atoms with E-state index in [9.17, 15) is 24.3 Å². The van der Waals surface area contributed by atoms with Crippen LogP contribution in [-0.2, 0) is 25.5 Å². The molecule has 3 atom stereocenters. The van der Waals surface area contributed by atoms with Gasteiger partial charge in [0.2, 0.25) is 0 Å². The van der Waals surface area contributed by atoms with E-state index in [2.05, 4.69) is 16.7 Å². The summed E-state index contributed by atoms with van der Waals surface area (Å²) >= 11 is 0. The van der Waals surface area contributed by atoms with Gasteiger partial charge in [-0.1, -0.05) is 51.9 Å². The highest BCUT2D eigenvalue weighted by atomic mass is 33.1. The quantitative estimate of drug-likeness (QED) is 0.217. The number of aldehydes is 1. The van der Waals surface area contributed by atoms with Gasteiger partial charge < -0.3 is 30.0 Å². The molecule has 2 amide bonds. The van der Waals surface area contributed by atoms with Crippen molar-refractivity contribution in [3.8, 4) is 0 Å². The maximum absolute atomic E-state index is 12.0. The van der Waals surface area contributed by atoms with Crippen molar-refractivity contribution in [2.24, 2.45) is 5.92 Å². The van der Waals surface area contributed by atoms with Gasteiger partial charge in [-0.05, 0) is 84.4 Å². The summed E-state index contributed by atoms with van der Waals surface area (Å²) in [6.45, 7) is 10.4. The zero-order chi connectivity index (χ0) is 29.2. The molecule has 1 aliphatic rings. The number of ether oxygens (including phenoxy) is 2. The Morgan fingerprint density at radius 2 is 1.59 bits per heavy atom. The van der Waals surface area contributed by atoms with Crippen molar-refractivity contribution in [2.45, 2.75) is 89.0 Å². The van der Waals surface area contributed by atoms with Gasteiger partial charge in [-0.25, -0.2) is 14.4 Å². The number of benzene rings is 1. The lowest BCUT2D eigenvalue weighted by atomic mass is 9.93. The lowest BCUT2D eigenvalue weighted by molar-refractivity contribution is -0.139. The lowest BCUT2D eigenvalue weighted by Crippen LogP contribution is -2.44. The molecular weight excluding hydrogens is 540 g/mol. The molecule has 0 aromatic heterocycles. The molecule has 1 aromatic carbocycles. The van der Waals surface area contributed by atoms with E-state index in [0.29, 0.717) is 19.1 Å². The highest BCUT2D eigenvalue weighted by Crippen LogP contribution is 2.39. The number of carboxylic acid groups (broad SMARTS) is 1. The molecule has 3 N–H and O–H groups in total. The summed E-state index contributed by atoms with van der Waals surface area (Å²) in [6, 6.07) is 6.03. The van der Waals surface area contributed by atoms with Crippen LogP contribution in [0.1, 0.15) is 59.9 Å². The third kappa shape index (κ3) is 13.1. The average molecular weight is 579 g/mol. The van der Waals surface area contributed by atoms with Crippen LogP contribution in [0.2, 0.25) is 0 Å². The molecule has 0 radical (unpaired) electrons. The van der Waals surface area contributed by atoms with Crippen LogP contribution in [0.4, 0.5) is 9.59 Å². The number of hydrogen-bond acceptors (Lipinski definition) is 8. The van der Waals surface area contributed by atoms with Crippen molar-refractivity contribution in [3.63, 3.8) is 0 Å². The summed E-state index contributed by atoms with van der Waals surface area (Å²) in [5.41, 5.74) is -0.440. The van der Waals surface area contributed by atoms with Gasteiger partial charge in [0.25, 0.3) is 0 Å². The van der Waals surface area contributed by atoms with E-state index in [1.54, 1.807) is 63.1 Å². The normalized spacial score (nSPS) is 16.9. The number of rotatable bonds is 11. The molecule has 0 heterocycles. The largest absolute Gasteiger partial charge is 0.480 e. The monoisotopic (exact) mass is 578 g/mol. The molecule has 0 bridgehead atoms. The van der Waals surface area contributed by atoms with E-state index in [0.717, 1.165) is 15.4 Å². The van der Waals surface area contributed by atoms with Crippen LogP contribution in [0.15, 0.2) is 52.3 Å². The fraction of sp³-hybridized carbons (Fsp3) is 0.500. The van der Waals surface area contributed by atoms with E-state index >= 15 is 0 Å². The highest BCUT2D eigenvalue weighted by Gasteiger charge is 2.26. The molecule has 0 saturated heterocycles. The minimum Gasteiger partial charge on any atom is -0.480 e. The summed E-state index contributed by atoms with van der Waals surface area (Å²) < 4.78 is 10.4. The van der Waals surface area contributed by atoms with Crippen molar-refractivity contribution < 1.29 is 33.8 Å². The van der Waals surface area contributed by atoms with Gasteiger partial charge in [0.05, 0.1) is 6.04 Å². The van der Waals surface area contributed by atoms with E-state index in [1.165, 1.54) is 0 Å². The van der Waals surface area contributed by atoms with Crippen LogP contribution in [0.25, 0.3) is 0 Å². The summed E-state index contributed by atoms with van der Waals surface area (Å²) in [7, 11) is 3.17. The summed E-state index contributed by atoms with van der Waals surface area (Å²) in [4.78, 5) is 49.1. The number of nitrogens with one attached hydrogen (secondary N) is 2. The average Bonchev–Trinajstić information content (AvgIpc) is 2.81. The van der Waals surface area contributed by atoms with Gasteiger partial charge >= 0.3 is 18.2 Å². The Hall–Kier alpha value is -2.92. The van der Waals surface area contributed by atoms with Gasteiger partial charge in [0, 0.05) is 9.80 Å². The standard InChI is InChI=1S/C28H38N2O7S2/c1-27(2,3)36-25(34)29-20(17-31)15-18-7-11-21(12-8-18)38-39-22-13-9-19(10-14-22)16-23(24(32)33)30-26(35)37-28(4,5)6/h7-9,11-14,17,19-20,23H,10,15-16H2,1-6H3,(H,29,34)(H,30,35)(H,32,33). The molecule has 3 unspecified atom stereocenters. The van der Waals surface area contributed by atoms with Crippen molar-refractivity contribution in [1.82, 2.24) is 10.6 Å². The minimum atomic E-state index is -1.10. The van der Waals surface area contributed by atoms with E-state index in [1.807, 2.05) is 36.4 Å². The molecule has 39 heavy (non-hydrogen) atoms. The number of alkyl carbamates (subject to hydrolysis) is 2. The Morgan fingerprint density at radius 3 is 2.08 bits per heavy atom. The van der Waals surface area contributed by atoms with Crippen LogP contribution in [0.5, 0.6) is 0 Å². The number of carbonyl (C=O) groups excluding carboxylic acids is 3. The van der Waals surface area contributed by atoms with Gasteiger partial charge in [-0.15, -0.1) is 0 Å². The molecule has 0 saturated carbocycles. The molecular formula is C28H38N2O7S2. The third-order valence-electron chi connectivity index (χ3n) is 5.16. The Bertz CT molecular complexity index is 1070. The van der Waals surface area contributed by atoms with Crippen molar-refractivity contribution in [2.75, 3.05) is 0 Å². The Labute approximate surface area is 237 Å². The van der Waals surface area contributed by atoms with E-state index < -0.39 is 41.4 Å². The first-order valence-corrected chi connectivity index (χ1v) is 14.8. The number of amides is 2. The number of aliphatic carboxylic acids is 1. The van der Waals surface area contributed by atoms with Gasteiger partial charge in [0.15, 0.2) is 0 Å². The Kier molecular flexibility index (Phi) is 12.0. The second-order valence-electron chi connectivity index (χ2n) is 11.1. The molecule has 1 aromatic rings. The number of hydrogen-bond donors (Lipinski definition) is 3. The number of allylic oxidation sites excluding steroid dienone is 3. The van der Waals surface area contributed by atoms with Gasteiger partial charge in [0.1, 0.15) is 23.5 Å². The predicted octanol–water partition coefficient (Wildman–Crippen LogP) is 5.89. The molecule has 1 aliphatic carbocycles. The molecule has 0 fully saturated rings. The molecule has 11 heteroatoms. The first-order chi connectivity index (χ1) is 18.1. The SMILES string of the molecule is CC(C)(C)OC(=O)NC(C=O)Cc1ccc(SSC2=CCC(CC(NC(=O)OC(C)(C)C)C(=O)O)C=C2)cc1. The van der Waals surface area contributed by atoms with E-state index in [4.69, 9.17) is 9.47 Å². The zero-order valence-electron chi connectivity index (χ0n) is 23.2. The number of carboxylic acids is 1. The van der Waals surface area contributed by atoms with E-state index in [-0.39, 0.29) is 12.3 Å². The fourth-order valence-corrected chi connectivity index (χ4v) is 5.50. The molecule has 0 spiro atoms. The fourth-order valence-electron chi connectivity index (χ4n) is 3.48. The van der Waals surface area contributed by atoms with Crippen molar-refractivity contribution in [1.29, 1.82) is 0 Å². The second kappa shape index (κ2) is 14.5. The molecule has 9 nitrogen and oxygen atoms in total.